The van der Waals surface area contributed by atoms with Crippen LogP contribution in [0, 0.1) is 0 Å². The molecule has 208 valence electrons. The van der Waals surface area contributed by atoms with Gasteiger partial charge in [0.2, 0.25) is 5.91 Å². The maximum absolute atomic E-state index is 13.6. The Morgan fingerprint density at radius 3 is 2.82 bits per heavy atom. The number of piperidine rings is 1. The predicted octanol–water partition coefficient (Wildman–Crippen LogP) is 2.98. The van der Waals surface area contributed by atoms with Crippen molar-refractivity contribution in [2.45, 2.75) is 64.3 Å². The lowest BCUT2D eigenvalue weighted by molar-refractivity contribution is -0.131. The zero-order valence-electron chi connectivity index (χ0n) is 22.4. The molecule has 1 amide bonds. The number of fused-ring (bicyclic) bond motifs is 1. The van der Waals surface area contributed by atoms with Crippen molar-refractivity contribution in [3.05, 3.63) is 62.0 Å². The highest BCUT2D eigenvalue weighted by molar-refractivity contribution is 7.09. The van der Waals surface area contributed by atoms with Crippen molar-refractivity contribution in [2.75, 3.05) is 24.5 Å². The van der Waals surface area contributed by atoms with E-state index in [2.05, 4.69) is 24.5 Å². The molecule has 0 spiro atoms. The number of hydrogen-bond donors (Lipinski definition) is 3. The van der Waals surface area contributed by atoms with Crippen LogP contribution >= 0.6 is 11.3 Å². The molecule has 1 saturated heterocycles. The van der Waals surface area contributed by atoms with E-state index in [1.54, 1.807) is 17.5 Å². The number of nitrogens with zero attached hydrogens (tertiary/aromatic N) is 4. The molecule has 3 aromatic heterocycles. The van der Waals surface area contributed by atoms with Crippen LogP contribution in [0.4, 0.5) is 5.82 Å². The first kappa shape index (κ1) is 28.4. The van der Waals surface area contributed by atoms with Crippen molar-refractivity contribution in [2.24, 2.45) is 5.73 Å². The van der Waals surface area contributed by atoms with Crippen LogP contribution in [0.1, 0.15) is 67.3 Å². The number of pyridine rings is 1. The van der Waals surface area contributed by atoms with Gasteiger partial charge in [-0.3, -0.25) is 14.0 Å². The minimum atomic E-state index is -1.17. The van der Waals surface area contributed by atoms with Crippen LogP contribution in [0.3, 0.4) is 0 Å². The molecule has 0 aromatic carbocycles. The summed E-state index contributed by atoms with van der Waals surface area (Å²) < 4.78 is 1.43. The van der Waals surface area contributed by atoms with Gasteiger partial charge in [-0.15, -0.1) is 11.3 Å². The van der Waals surface area contributed by atoms with E-state index >= 15 is 0 Å². The Bertz CT molecular complexity index is 1410. The third-order valence-corrected chi connectivity index (χ3v) is 7.78. The molecule has 39 heavy (non-hydrogen) atoms. The highest BCUT2D eigenvalue weighted by atomic mass is 32.1. The highest BCUT2D eigenvalue weighted by Gasteiger charge is 2.31. The van der Waals surface area contributed by atoms with Crippen LogP contribution in [0.2, 0.25) is 0 Å². The molecule has 4 rings (SSSR count). The summed E-state index contributed by atoms with van der Waals surface area (Å²) in [6.07, 6.45) is 8.40. The minimum Gasteiger partial charge on any atom is -0.478 e. The van der Waals surface area contributed by atoms with Crippen molar-refractivity contribution in [3.63, 3.8) is 0 Å². The Hall–Kier alpha value is -3.57. The van der Waals surface area contributed by atoms with Crippen LogP contribution in [0.25, 0.3) is 11.7 Å². The number of carboxylic acid groups (broad SMARTS) is 1. The van der Waals surface area contributed by atoms with E-state index in [0.717, 1.165) is 48.0 Å². The van der Waals surface area contributed by atoms with Gasteiger partial charge in [-0.1, -0.05) is 13.8 Å². The first-order valence-corrected chi connectivity index (χ1v) is 14.3. The lowest BCUT2D eigenvalue weighted by atomic mass is 10.0. The molecule has 0 aliphatic carbocycles. The van der Waals surface area contributed by atoms with Crippen molar-refractivity contribution >= 4 is 40.8 Å². The van der Waals surface area contributed by atoms with Crippen LogP contribution in [0.5, 0.6) is 0 Å². The number of aryl methyl sites for hydroxylation is 2. The summed E-state index contributed by atoms with van der Waals surface area (Å²) in [5.41, 5.74) is 7.90. The van der Waals surface area contributed by atoms with Gasteiger partial charge in [-0.05, 0) is 68.3 Å². The number of hydrogen-bond acceptors (Lipinski definition) is 8. The fourth-order valence-electron chi connectivity index (χ4n) is 4.70. The van der Waals surface area contributed by atoms with E-state index < -0.39 is 12.0 Å². The number of aromatic nitrogens is 3. The minimum absolute atomic E-state index is 0.142. The van der Waals surface area contributed by atoms with Crippen molar-refractivity contribution in [1.82, 2.24) is 19.7 Å². The second kappa shape index (κ2) is 13.0. The molecular formula is C28H36N6O4S. The average molecular weight is 553 g/mol. The molecule has 1 aliphatic heterocycles. The van der Waals surface area contributed by atoms with Gasteiger partial charge in [-0.25, -0.2) is 14.8 Å². The third-order valence-electron chi connectivity index (χ3n) is 6.85. The van der Waals surface area contributed by atoms with Gasteiger partial charge in [-0.2, -0.15) is 0 Å². The van der Waals surface area contributed by atoms with Crippen molar-refractivity contribution in [1.29, 1.82) is 0 Å². The summed E-state index contributed by atoms with van der Waals surface area (Å²) in [7, 11) is 0. The summed E-state index contributed by atoms with van der Waals surface area (Å²) in [5, 5.41) is 15.4. The molecule has 3 aromatic rings. The predicted molar refractivity (Wildman–Crippen MR) is 153 cm³/mol. The van der Waals surface area contributed by atoms with Crippen LogP contribution < -0.4 is 21.5 Å². The lowest BCUT2D eigenvalue weighted by Crippen LogP contribution is -2.51. The number of amides is 1. The zero-order valence-corrected chi connectivity index (χ0v) is 23.2. The normalized spacial score (nSPS) is 15.9. The number of carbonyl (C=O) groups is 2. The molecule has 0 saturated carbocycles. The number of anilines is 1. The van der Waals surface area contributed by atoms with Crippen LogP contribution in [-0.4, -0.2) is 57.0 Å². The summed E-state index contributed by atoms with van der Waals surface area (Å²) in [5.74, 6) is -0.597. The number of aliphatic carboxylic acids is 1. The van der Waals surface area contributed by atoms with E-state index in [1.807, 2.05) is 17.0 Å². The largest absolute Gasteiger partial charge is 0.478 e. The van der Waals surface area contributed by atoms with Crippen molar-refractivity contribution in [3.8, 4) is 0 Å². The Balaban J connectivity index is 1.70. The first-order valence-electron chi connectivity index (χ1n) is 13.4. The molecule has 0 radical (unpaired) electrons. The van der Waals surface area contributed by atoms with Gasteiger partial charge in [0.1, 0.15) is 17.5 Å². The van der Waals surface area contributed by atoms with E-state index in [0.29, 0.717) is 49.9 Å². The Morgan fingerprint density at radius 1 is 1.28 bits per heavy atom. The topological polar surface area (TPSA) is 143 Å². The number of nitrogens with one attached hydrogen (secondary N) is 1. The van der Waals surface area contributed by atoms with Gasteiger partial charge in [0.15, 0.2) is 0 Å². The van der Waals surface area contributed by atoms with Gasteiger partial charge in [0, 0.05) is 37.2 Å². The number of carbonyl (C=O) groups excluding carboxylic acids is 1. The maximum atomic E-state index is 13.6. The molecule has 4 heterocycles. The molecule has 0 bridgehead atoms. The average Bonchev–Trinajstić information content (AvgIpc) is 3.41. The molecule has 1 atom stereocenters. The quantitative estimate of drug-likeness (QED) is 0.243. The molecule has 1 aliphatic rings. The molecular weight excluding hydrogens is 516 g/mol. The Kier molecular flexibility index (Phi) is 9.47. The highest BCUT2D eigenvalue weighted by Crippen LogP contribution is 2.27. The SMILES string of the molecule is CC(C)c1csc(CCc2ccn3c(=O)c(C=CC(=O)O)c(N4CCCCC4C(=O)NCCCN)nc3c2)n1. The molecule has 10 nitrogen and oxygen atoms in total. The monoisotopic (exact) mass is 552 g/mol. The van der Waals surface area contributed by atoms with Crippen molar-refractivity contribution < 1.29 is 14.7 Å². The first-order chi connectivity index (χ1) is 18.8. The fraction of sp³-hybridized carbons (Fsp3) is 0.464. The van der Waals surface area contributed by atoms with Crippen LogP contribution in [-0.2, 0) is 22.4 Å². The Labute approximate surface area is 231 Å². The van der Waals surface area contributed by atoms with E-state index in [9.17, 15) is 19.5 Å². The summed E-state index contributed by atoms with van der Waals surface area (Å²) in [6, 6.07) is 3.25. The molecule has 1 unspecified atom stereocenters. The van der Waals surface area contributed by atoms with Gasteiger partial charge < -0.3 is 21.1 Å². The van der Waals surface area contributed by atoms with Gasteiger partial charge in [0.25, 0.3) is 5.56 Å². The van der Waals surface area contributed by atoms with Gasteiger partial charge in [0.05, 0.1) is 16.3 Å². The number of rotatable bonds is 11. The zero-order chi connectivity index (χ0) is 27.9. The smallest absolute Gasteiger partial charge is 0.328 e. The molecule has 4 N–H and O–H groups in total. The van der Waals surface area contributed by atoms with E-state index in [4.69, 9.17) is 15.7 Å². The second-order valence-corrected chi connectivity index (χ2v) is 11.0. The summed E-state index contributed by atoms with van der Waals surface area (Å²) >= 11 is 1.65. The standard InChI is InChI=1S/C28H36N6O4S/c1-18(2)21-17-39-24(31-21)9-7-19-11-15-34-23(16-19)32-26(20(28(34)38)8-10-25(35)36)33-14-4-3-6-22(33)27(37)30-13-5-12-29/h8,10-11,15-18,22H,3-7,9,12-14,29H2,1-2H3,(H,30,37)(H,35,36). The molecule has 1 fully saturated rings. The summed E-state index contributed by atoms with van der Waals surface area (Å²) in [6.45, 7) is 5.73. The van der Waals surface area contributed by atoms with Crippen LogP contribution in [0.15, 0.2) is 34.6 Å². The second-order valence-electron chi connectivity index (χ2n) is 10.0. The number of nitrogens with two attached hydrogens (primary N) is 1. The number of carboxylic acids is 1. The summed E-state index contributed by atoms with van der Waals surface area (Å²) in [4.78, 5) is 49.4. The van der Waals surface area contributed by atoms with Gasteiger partial charge >= 0.3 is 5.97 Å². The fourth-order valence-corrected chi connectivity index (χ4v) is 5.66. The molecule has 11 heteroatoms. The van der Waals surface area contributed by atoms with E-state index in [-0.39, 0.29) is 17.0 Å². The third kappa shape index (κ3) is 6.90. The number of thiazole rings is 1. The van der Waals surface area contributed by atoms with E-state index in [1.165, 1.54) is 10.5 Å². The Morgan fingerprint density at radius 2 is 2.10 bits per heavy atom. The lowest BCUT2D eigenvalue weighted by Gasteiger charge is -2.36. The maximum Gasteiger partial charge on any atom is 0.328 e.